The first-order valence-corrected chi connectivity index (χ1v) is 4.09. The maximum absolute atomic E-state index is 5.61. The van der Waals surface area contributed by atoms with Gasteiger partial charge < -0.3 is 11.1 Å². The predicted octanol–water partition coefficient (Wildman–Crippen LogP) is 0.380. The summed E-state index contributed by atoms with van der Waals surface area (Å²) in [4.78, 5) is 7.91. The molecule has 4 heteroatoms. The van der Waals surface area contributed by atoms with Gasteiger partial charge in [-0.3, -0.25) is 0 Å². The molecule has 1 aromatic rings. The Labute approximate surface area is 71.2 Å². The topological polar surface area (TPSA) is 63.8 Å². The summed E-state index contributed by atoms with van der Waals surface area (Å²) in [6.07, 6.45) is 5.55. The number of nitrogens with zero attached hydrogens (tertiary/aromatic N) is 2. The highest BCUT2D eigenvalue weighted by Crippen LogP contribution is 2.36. The van der Waals surface area contributed by atoms with E-state index in [0.29, 0.717) is 6.54 Å². The molecule has 1 heterocycles. The van der Waals surface area contributed by atoms with E-state index in [1.54, 1.807) is 6.20 Å². The summed E-state index contributed by atoms with van der Waals surface area (Å²) in [5.41, 5.74) is 5.74. The van der Waals surface area contributed by atoms with E-state index in [9.17, 15) is 0 Å². The summed E-state index contributed by atoms with van der Waals surface area (Å²) >= 11 is 0. The lowest BCUT2D eigenvalue weighted by molar-refractivity contribution is 0.736. The van der Waals surface area contributed by atoms with Crippen LogP contribution in [0.3, 0.4) is 0 Å². The van der Waals surface area contributed by atoms with Gasteiger partial charge in [-0.2, -0.15) is 0 Å². The average Bonchev–Trinajstić information content (AvgIpc) is 2.88. The van der Waals surface area contributed by atoms with Crippen molar-refractivity contribution in [3.8, 4) is 0 Å². The van der Waals surface area contributed by atoms with Crippen molar-refractivity contribution in [2.24, 2.45) is 5.73 Å². The van der Waals surface area contributed by atoms with Gasteiger partial charge in [0.2, 0.25) is 0 Å². The number of anilines is 1. The number of hydrogen-bond donors (Lipinski definition) is 2. The smallest absolute Gasteiger partial charge is 0.129 e. The summed E-state index contributed by atoms with van der Waals surface area (Å²) in [7, 11) is 0. The lowest BCUT2D eigenvalue weighted by Gasteiger charge is -2.14. The van der Waals surface area contributed by atoms with Crippen LogP contribution >= 0.6 is 0 Å². The third-order valence-corrected chi connectivity index (χ3v) is 2.22. The molecule has 0 amide bonds. The van der Waals surface area contributed by atoms with Crippen LogP contribution in [0.4, 0.5) is 5.82 Å². The zero-order valence-electron chi connectivity index (χ0n) is 6.83. The van der Waals surface area contributed by atoms with Crippen LogP contribution in [0.5, 0.6) is 0 Å². The minimum atomic E-state index is 0.133. The lowest BCUT2D eigenvalue weighted by atomic mass is 10.3. The number of nitrogens with one attached hydrogen (secondary N) is 1. The number of hydrogen-bond acceptors (Lipinski definition) is 4. The summed E-state index contributed by atoms with van der Waals surface area (Å²) in [6.45, 7) is 0.678. The van der Waals surface area contributed by atoms with E-state index < -0.39 is 0 Å². The van der Waals surface area contributed by atoms with E-state index >= 15 is 0 Å². The van der Waals surface area contributed by atoms with E-state index in [4.69, 9.17) is 5.73 Å². The molecule has 4 nitrogen and oxygen atoms in total. The molecular weight excluding hydrogens is 152 g/mol. The van der Waals surface area contributed by atoms with Gasteiger partial charge in [-0.15, -0.1) is 0 Å². The van der Waals surface area contributed by atoms with Crippen LogP contribution in [-0.2, 0) is 0 Å². The molecule has 1 aliphatic rings. The first-order valence-electron chi connectivity index (χ1n) is 4.09. The Morgan fingerprint density at radius 3 is 2.92 bits per heavy atom. The third kappa shape index (κ3) is 1.38. The molecule has 0 saturated heterocycles. The quantitative estimate of drug-likeness (QED) is 0.678. The molecule has 0 radical (unpaired) electrons. The summed E-state index contributed by atoms with van der Waals surface area (Å²) in [5.74, 6) is 0.868. The van der Waals surface area contributed by atoms with E-state index in [0.717, 1.165) is 18.7 Å². The van der Waals surface area contributed by atoms with Gasteiger partial charge in [-0.25, -0.2) is 9.97 Å². The molecule has 1 saturated carbocycles. The average molecular weight is 164 g/mol. The molecule has 0 spiro atoms. The fourth-order valence-corrected chi connectivity index (χ4v) is 1.17. The second-order valence-electron chi connectivity index (χ2n) is 3.20. The van der Waals surface area contributed by atoms with Crippen LogP contribution in [0.25, 0.3) is 0 Å². The highest BCUT2D eigenvalue weighted by atomic mass is 15.1. The molecule has 1 aliphatic carbocycles. The Bertz CT molecular complexity index is 255. The van der Waals surface area contributed by atoms with E-state index in [1.807, 2.05) is 6.07 Å². The van der Waals surface area contributed by atoms with Crippen molar-refractivity contribution in [1.29, 1.82) is 0 Å². The number of nitrogens with two attached hydrogens (primary N) is 1. The number of rotatable bonds is 3. The van der Waals surface area contributed by atoms with Crippen LogP contribution < -0.4 is 11.1 Å². The number of aromatic nitrogens is 2. The highest BCUT2D eigenvalue weighted by molar-refractivity contribution is 5.39. The molecule has 64 valence electrons. The van der Waals surface area contributed by atoms with Gasteiger partial charge in [-0.05, 0) is 18.9 Å². The van der Waals surface area contributed by atoms with Crippen molar-refractivity contribution in [2.75, 3.05) is 11.9 Å². The van der Waals surface area contributed by atoms with Crippen molar-refractivity contribution >= 4 is 5.82 Å². The van der Waals surface area contributed by atoms with Crippen molar-refractivity contribution in [3.63, 3.8) is 0 Å². The van der Waals surface area contributed by atoms with Crippen LogP contribution in [0.15, 0.2) is 18.6 Å². The van der Waals surface area contributed by atoms with Crippen molar-refractivity contribution < 1.29 is 0 Å². The maximum atomic E-state index is 5.61. The lowest BCUT2D eigenvalue weighted by Crippen LogP contribution is -2.31. The third-order valence-electron chi connectivity index (χ3n) is 2.22. The van der Waals surface area contributed by atoms with Gasteiger partial charge in [0.15, 0.2) is 0 Å². The second kappa shape index (κ2) is 2.71. The fourth-order valence-electron chi connectivity index (χ4n) is 1.17. The van der Waals surface area contributed by atoms with Crippen LogP contribution in [0.1, 0.15) is 12.8 Å². The molecule has 0 aromatic carbocycles. The normalized spacial score (nSPS) is 18.8. The minimum Gasteiger partial charge on any atom is -0.363 e. The molecular formula is C8H12N4. The molecule has 3 N–H and O–H groups in total. The van der Waals surface area contributed by atoms with Crippen molar-refractivity contribution in [2.45, 2.75) is 18.4 Å². The Morgan fingerprint density at radius 2 is 2.42 bits per heavy atom. The first-order chi connectivity index (χ1) is 5.85. The van der Waals surface area contributed by atoms with Crippen LogP contribution in [0.2, 0.25) is 0 Å². The summed E-state index contributed by atoms with van der Waals surface area (Å²) in [6, 6.07) is 1.86. The van der Waals surface area contributed by atoms with Crippen LogP contribution in [-0.4, -0.2) is 22.1 Å². The van der Waals surface area contributed by atoms with Gasteiger partial charge in [0.05, 0.1) is 5.54 Å². The van der Waals surface area contributed by atoms with Crippen molar-refractivity contribution in [1.82, 2.24) is 9.97 Å². The largest absolute Gasteiger partial charge is 0.363 e. The zero-order valence-corrected chi connectivity index (χ0v) is 6.83. The highest BCUT2D eigenvalue weighted by Gasteiger charge is 2.41. The molecule has 0 atom stereocenters. The first kappa shape index (κ1) is 7.49. The molecule has 1 aromatic heterocycles. The summed E-state index contributed by atoms with van der Waals surface area (Å²) < 4.78 is 0. The molecule has 0 aliphatic heterocycles. The van der Waals surface area contributed by atoms with Gasteiger partial charge in [0.1, 0.15) is 12.1 Å². The van der Waals surface area contributed by atoms with Gasteiger partial charge in [0, 0.05) is 12.7 Å². The minimum absolute atomic E-state index is 0.133. The van der Waals surface area contributed by atoms with E-state index in [1.165, 1.54) is 6.33 Å². The molecule has 0 bridgehead atoms. The molecule has 0 unspecified atom stereocenters. The zero-order chi connectivity index (χ0) is 8.44. The summed E-state index contributed by atoms with van der Waals surface area (Å²) in [5, 5.41) is 3.30. The monoisotopic (exact) mass is 164 g/mol. The Kier molecular flexibility index (Phi) is 1.69. The van der Waals surface area contributed by atoms with E-state index in [2.05, 4.69) is 15.3 Å². The second-order valence-corrected chi connectivity index (χ2v) is 3.20. The van der Waals surface area contributed by atoms with E-state index in [-0.39, 0.29) is 5.54 Å². The van der Waals surface area contributed by atoms with Gasteiger partial charge in [-0.1, -0.05) is 0 Å². The van der Waals surface area contributed by atoms with Crippen LogP contribution in [0, 0.1) is 0 Å². The molecule has 12 heavy (non-hydrogen) atoms. The molecule has 2 rings (SSSR count). The SMILES string of the molecule is NCC1(Nc2ccncn2)CC1. The Morgan fingerprint density at radius 1 is 1.58 bits per heavy atom. The Balaban J connectivity index is 2.04. The molecule has 1 fully saturated rings. The maximum Gasteiger partial charge on any atom is 0.129 e. The standard InChI is InChI=1S/C8H12N4/c9-5-8(2-3-8)12-7-1-4-10-6-11-7/h1,4,6H,2-3,5,9H2,(H,10,11,12). The van der Waals surface area contributed by atoms with Gasteiger partial charge in [0.25, 0.3) is 0 Å². The van der Waals surface area contributed by atoms with Crippen molar-refractivity contribution in [3.05, 3.63) is 18.6 Å². The fraction of sp³-hybridized carbons (Fsp3) is 0.500. The van der Waals surface area contributed by atoms with Gasteiger partial charge >= 0.3 is 0 Å². The Hall–Kier alpha value is -1.16. The predicted molar refractivity (Wildman–Crippen MR) is 46.7 cm³/mol.